The second kappa shape index (κ2) is 7.93. The molecule has 2 aromatic carbocycles. The van der Waals surface area contributed by atoms with Gasteiger partial charge in [-0.15, -0.1) is 0 Å². The molecule has 0 unspecified atom stereocenters. The van der Waals surface area contributed by atoms with E-state index in [1.807, 2.05) is 24.3 Å². The van der Waals surface area contributed by atoms with Gasteiger partial charge in [-0.3, -0.25) is 0 Å². The van der Waals surface area contributed by atoms with Gasteiger partial charge in [0.1, 0.15) is 18.1 Å². The summed E-state index contributed by atoms with van der Waals surface area (Å²) in [6.45, 7) is 0.378. The van der Waals surface area contributed by atoms with Crippen LogP contribution < -0.4 is 5.32 Å². The van der Waals surface area contributed by atoms with Gasteiger partial charge in [-0.1, -0.05) is 54.5 Å². The molecule has 4 nitrogen and oxygen atoms in total. The number of nitrogens with one attached hydrogen (secondary N) is 1. The van der Waals surface area contributed by atoms with Crippen molar-refractivity contribution in [3.05, 3.63) is 89.5 Å². The van der Waals surface area contributed by atoms with Gasteiger partial charge in [-0.2, -0.15) is 0 Å². The van der Waals surface area contributed by atoms with Gasteiger partial charge in [0.05, 0.1) is 12.7 Å². The maximum atomic E-state index is 12.8. The number of hydrogen-bond donors (Lipinski definition) is 1. The van der Waals surface area contributed by atoms with E-state index in [4.69, 9.17) is 4.74 Å². The summed E-state index contributed by atoms with van der Waals surface area (Å²) in [5.74, 6) is 5.12. The molecule has 138 valence electrons. The third-order valence-electron chi connectivity index (χ3n) is 4.61. The normalized spacial score (nSPS) is 11.8. The number of benzene rings is 2. The number of alkyl carbamates (subject to hydrolysis) is 1. The lowest BCUT2D eigenvalue weighted by Crippen LogP contribution is -2.26. The number of ether oxygens (including phenoxy) is 1. The summed E-state index contributed by atoms with van der Waals surface area (Å²) in [5, 5.41) is 2.60. The van der Waals surface area contributed by atoms with Crippen LogP contribution in [0.1, 0.15) is 22.7 Å². The molecule has 28 heavy (non-hydrogen) atoms. The third-order valence-corrected chi connectivity index (χ3v) is 4.61. The van der Waals surface area contributed by atoms with Gasteiger partial charge in [0, 0.05) is 5.92 Å². The molecule has 0 bridgehead atoms. The molecule has 1 aliphatic carbocycles. The first-order chi connectivity index (χ1) is 13.7. The van der Waals surface area contributed by atoms with Crippen LogP contribution in [0, 0.1) is 17.7 Å². The van der Waals surface area contributed by atoms with Crippen LogP contribution in [0.3, 0.4) is 0 Å². The van der Waals surface area contributed by atoms with E-state index in [1.54, 1.807) is 0 Å². The average molecular weight is 372 g/mol. The van der Waals surface area contributed by atoms with E-state index >= 15 is 0 Å². The van der Waals surface area contributed by atoms with Crippen LogP contribution in [0.5, 0.6) is 0 Å². The van der Waals surface area contributed by atoms with Crippen LogP contribution in [0.25, 0.3) is 11.1 Å². The molecule has 1 N–H and O–H groups in total. The van der Waals surface area contributed by atoms with Gasteiger partial charge in [0.2, 0.25) is 0 Å². The Labute approximate surface area is 162 Å². The number of amides is 1. The molecule has 1 amide bonds. The number of rotatable bonds is 3. The Hall–Kier alpha value is -3.65. The maximum absolute atomic E-state index is 12.8. The fraction of sp³-hybridized carbons (Fsp3) is 0.130. The molecule has 0 saturated carbocycles. The van der Waals surface area contributed by atoms with Crippen molar-refractivity contribution < 1.29 is 13.9 Å². The first-order valence-electron chi connectivity index (χ1n) is 8.91. The van der Waals surface area contributed by atoms with Gasteiger partial charge < -0.3 is 10.1 Å². The fourth-order valence-electron chi connectivity index (χ4n) is 3.35. The molecule has 4 rings (SSSR count). The lowest BCUT2D eigenvalue weighted by atomic mass is 9.98. The molecule has 0 atom stereocenters. The fourth-order valence-corrected chi connectivity index (χ4v) is 3.35. The van der Waals surface area contributed by atoms with Crippen LogP contribution in [-0.2, 0) is 4.74 Å². The Morgan fingerprint density at radius 1 is 1.04 bits per heavy atom. The smallest absolute Gasteiger partial charge is 0.407 e. The predicted octanol–water partition coefficient (Wildman–Crippen LogP) is 4.11. The second-order valence-corrected chi connectivity index (χ2v) is 6.34. The average Bonchev–Trinajstić information content (AvgIpc) is 3.05. The third kappa shape index (κ3) is 3.72. The van der Waals surface area contributed by atoms with Gasteiger partial charge >= 0.3 is 6.09 Å². The van der Waals surface area contributed by atoms with Crippen molar-refractivity contribution >= 4 is 6.09 Å². The van der Waals surface area contributed by atoms with E-state index in [1.165, 1.54) is 34.4 Å². The molecule has 1 aliphatic rings. The molecule has 0 fully saturated rings. The number of nitrogens with zero attached hydrogens (tertiary/aromatic N) is 1. The van der Waals surface area contributed by atoms with Gasteiger partial charge in [-0.25, -0.2) is 14.2 Å². The molecule has 5 heteroatoms. The number of pyridine rings is 1. The van der Waals surface area contributed by atoms with Crippen LogP contribution in [-0.4, -0.2) is 24.2 Å². The number of fused-ring (bicyclic) bond motifs is 3. The van der Waals surface area contributed by atoms with Crippen molar-refractivity contribution in [2.24, 2.45) is 0 Å². The molecule has 0 saturated heterocycles. The Balaban J connectivity index is 1.35. The molecule has 1 aromatic heterocycles. The highest BCUT2D eigenvalue weighted by atomic mass is 19.1. The van der Waals surface area contributed by atoms with Crippen molar-refractivity contribution in [3.8, 4) is 23.0 Å². The van der Waals surface area contributed by atoms with Crippen molar-refractivity contribution in [2.75, 3.05) is 13.2 Å². The molecule has 0 spiro atoms. The number of halogens is 1. The van der Waals surface area contributed by atoms with Gasteiger partial charge in [0.15, 0.2) is 0 Å². The summed E-state index contributed by atoms with van der Waals surface area (Å²) in [6.07, 6.45) is 0.575. The minimum atomic E-state index is -0.525. The summed E-state index contributed by atoms with van der Waals surface area (Å²) in [4.78, 5) is 15.8. The molecule has 3 aromatic rings. The van der Waals surface area contributed by atoms with Gasteiger partial charge in [-0.05, 0) is 40.3 Å². The molecule has 1 heterocycles. The van der Waals surface area contributed by atoms with E-state index < -0.39 is 11.9 Å². The van der Waals surface area contributed by atoms with E-state index in [0.717, 1.165) is 6.20 Å². The predicted molar refractivity (Wildman–Crippen MR) is 104 cm³/mol. The summed E-state index contributed by atoms with van der Waals surface area (Å²) in [5.41, 5.74) is 5.14. The first-order valence-corrected chi connectivity index (χ1v) is 8.91. The highest BCUT2D eigenvalue weighted by molar-refractivity contribution is 5.79. The Morgan fingerprint density at radius 2 is 1.71 bits per heavy atom. The van der Waals surface area contributed by atoms with E-state index in [0.29, 0.717) is 5.69 Å². The van der Waals surface area contributed by atoms with Crippen LogP contribution in [0.15, 0.2) is 66.9 Å². The first kappa shape index (κ1) is 17.7. The Morgan fingerprint density at radius 3 is 2.36 bits per heavy atom. The van der Waals surface area contributed by atoms with E-state index in [9.17, 15) is 9.18 Å². The lowest BCUT2D eigenvalue weighted by molar-refractivity contribution is 0.144. The summed E-state index contributed by atoms with van der Waals surface area (Å²) in [7, 11) is 0. The zero-order chi connectivity index (χ0) is 19.3. The number of carbonyl (C=O) groups excluding carboxylic acids is 1. The highest BCUT2D eigenvalue weighted by Crippen LogP contribution is 2.44. The zero-order valence-electron chi connectivity index (χ0n) is 15.0. The van der Waals surface area contributed by atoms with Crippen molar-refractivity contribution in [3.63, 3.8) is 0 Å². The second-order valence-electron chi connectivity index (χ2n) is 6.34. The summed E-state index contributed by atoms with van der Waals surface area (Å²) in [6, 6.07) is 19.1. The number of aromatic nitrogens is 1. The molecule has 0 radical (unpaired) electrons. The molecular weight excluding hydrogens is 355 g/mol. The maximum Gasteiger partial charge on any atom is 0.407 e. The number of carbonyl (C=O) groups is 1. The van der Waals surface area contributed by atoms with Crippen LogP contribution >= 0.6 is 0 Å². The SMILES string of the molecule is O=C(NCC#Cc1ccc(F)cn1)OCC1c2ccccc2-c2ccccc21. The van der Waals surface area contributed by atoms with Gasteiger partial charge in [0.25, 0.3) is 0 Å². The lowest BCUT2D eigenvalue weighted by Gasteiger charge is -2.14. The minimum absolute atomic E-state index is 0.0210. The van der Waals surface area contributed by atoms with E-state index in [-0.39, 0.29) is 19.1 Å². The molecule has 0 aliphatic heterocycles. The minimum Gasteiger partial charge on any atom is -0.449 e. The largest absolute Gasteiger partial charge is 0.449 e. The quantitative estimate of drug-likeness (QED) is 0.704. The standard InChI is InChI=1S/C23H17FN2O2/c24-16-11-12-17(26-14-16)6-5-13-25-23(27)28-15-22-20-9-3-1-7-18(20)19-8-2-4-10-21(19)22/h1-4,7-12,14,22H,13,15H2,(H,25,27). The summed E-state index contributed by atoms with van der Waals surface area (Å²) < 4.78 is 18.2. The van der Waals surface area contributed by atoms with Crippen molar-refractivity contribution in [1.29, 1.82) is 0 Å². The summed E-state index contributed by atoms with van der Waals surface area (Å²) >= 11 is 0. The topological polar surface area (TPSA) is 51.2 Å². The van der Waals surface area contributed by atoms with Crippen molar-refractivity contribution in [1.82, 2.24) is 10.3 Å². The Kier molecular flexibility index (Phi) is 5.03. The highest BCUT2D eigenvalue weighted by Gasteiger charge is 2.28. The van der Waals surface area contributed by atoms with E-state index in [2.05, 4.69) is 46.4 Å². The van der Waals surface area contributed by atoms with Crippen molar-refractivity contribution in [2.45, 2.75) is 5.92 Å². The molecular formula is C23H17FN2O2. The van der Waals surface area contributed by atoms with Crippen LogP contribution in [0.4, 0.5) is 9.18 Å². The monoisotopic (exact) mass is 372 g/mol. The van der Waals surface area contributed by atoms with Crippen LogP contribution in [0.2, 0.25) is 0 Å². The zero-order valence-corrected chi connectivity index (χ0v) is 15.0. The Bertz CT molecular complexity index is 1020. The number of hydrogen-bond acceptors (Lipinski definition) is 3.